The van der Waals surface area contributed by atoms with Crippen LogP contribution in [0.25, 0.3) is 0 Å². The van der Waals surface area contributed by atoms with E-state index >= 15 is 0 Å². The van der Waals surface area contributed by atoms with Gasteiger partial charge in [0.2, 0.25) is 0 Å². The molecule has 0 aliphatic carbocycles. The molecule has 0 saturated heterocycles. The fourth-order valence-corrected chi connectivity index (χ4v) is 2.11. The molecule has 0 atom stereocenters. The predicted octanol–water partition coefficient (Wildman–Crippen LogP) is 1.67. The van der Waals surface area contributed by atoms with Crippen molar-refractivity contribution in [3.05, 3.63) is 10.6 Å². The summed E-state index contributed by atoms with van der Waals surface area (Å²) in [5.41, 5.74) is 0.970. The molecule has 0 bridgehead atoms. The molecule has 1 aromatic rings. The Hall–Kier alpha value is -1.54. The zero-order chi connectivity index (χ0) is 12.1. The second-order valence-corrected chi connectivity index (χ2v) is 4.59. The van der Waals surface area contributed by atoms with Crippen molar-refractivity contribution >= 4 is 22.4 Å². The van der Waals surface area contributed by atoms with E-state index in [1.165, 1.54) is 0 Å². The Kier molecular flexibility index (Phi) is 4.32. The monoisotopic (exact) mass is 238 g/mol. The molecule has 16 heavy (non-hydrogen) atoms. The molecular formula is C11H14N2O2S. The molecule has 1 rings (SSSR count). The van der Waals surface area contributed by atoms with E-state index in [0.717, 1.165) is 15.7 Å². The van der Waals surface area contributed by atoms with Crippen LogP contribution in [0.3, 0.4) is 0 Å². The number of thiazole rings is 1. The van der Waals surface area contributed by atoms with Crippen molar-refractivity contribution in [3.63, 3.8) is 0 Å². The lowest BCUT2D eigenvalue weighted by molar-refractivity contribution is -0.136. The minimum Gasteiger partial charge on any atom is -0.481 e. The summed E-state index contributed by atoms with van der Waals surface area (Å²) >= 11 is 1.54. The molecular weight excluding hydrogens is 224 g/mol. The largest absolute Gasteiger partial charge is 0.481 e. The summed E-state index contributed by atoms with van der Waals surface area (Å²) < 4.78 is 0. The summed E-state index contributed by atoms with van der Waals surface area (Å²) in [4.78, 5) is 17.8. The first-order valence-corrected chi connectivity index (χ1v) is 5.70. The fourth-order valence-electron chi connectivity index (χ4n) is 1.17. The fraction of sp³-hybridized carbons (Fsp3) is 0.455. The molecule has 0 aliphatic heterocycles. The third-order valence-corrected chi connectivity index (χ3v) is 3.30. The van der Waals surface area contributed by atoms with Gasteiger partial charge in [-0.1, -0.05) is 5.92 Å². The summed E-state index contributed by atoms with van der Waals surface area (Å²) in [6, 6.07) is 0. The van der Waals surface area contributed by atoms with Crippen LogP contribution < -0.4 is 4.90 Å². The number of carboxylic acid groups (broad SMARTS) is 1. The van der Waals surface area contributed by atoms with Gasteiger partial charge in [-0.15, -0.1) is 17.8 Å². The van der Waals surface area contributed by atoms with Crippen molar-refractivity contribution in [1.82, 2.24) is 4.98 Å². The number of carbonyl (C=O) groups is 1. The average Bonchev–Trinajstić information content (AvgIpc) is 2.53. The zero-order valence-electron chi connectivity index (χ0n) is 9.36. The van der Waals surface area contributed by atoms with E-state index < -0.39 is 5.97 Å². The number of hydrogen-bond acceptors (Lipinski definition) is 4. The molecule has 1 aromatic heterocycles. The highest BCUT2D eigenvalue weighted by atomic mass is 32.1. The van der Waals surface area contributed by atoms with Crippen molar-refractivity contribution < 1.29 is 9.90 Å². The van der Waals surface area contributed by atoms with Crippen molar-refractivity contribution in [2.75, 3.05) is 18.0 Å². The summed E-state index contributed by atoms with van der Waals surface area (Å²) in [5.74, 6) is 1.69. The first kappa shape index (κ1) is 12.5. The molecule has 4 nitrogen and oxygen atoms in total. The lowest BCUT2D eigenvalue weighted by Crippen LogP contribution is -2.26. The smallest absolute Gasteiger partial charge is 0.305 e. The van der Waals surface area contributed by atoms with Crippen LogP contribution in [0.2, 0.25) is 0 Å². The molecule has 0 aromatic carbocycles. The Morgan fingerprint density at radius 2 is 2.31 bits per heavy atom. The Labute approximate surface area is 98.9 Å². The highest BCUT2D eigenvalue weighted by Gasteiger charge is 2.12. The van der Waals surface area contributed by atoms with Gasteiger partial charge in [0, 0.05) is 11.4 Å². The Morgan fingerprint density at radius 3 is 2.75 bits per heavy atom. The Morgan fingerprint density at radius 1 is 1.62 bits per heavy atom. The van der Waals surface area contributed by atoms with Crippen LogP contribution >= 0.6 is 11.3 Å². The number of carboxylic acids is 1. The van der Waals surface area contributed by atoms with E-state index in [-0.39, 0.29) is 6.42 Å². The van der Waals surface area contributed by atoms with Crippen LogP contribution in [0.15, 0.2) is 0 Å². The lowest BCUT2D eigenvalue weighted by atomic mass is 10.4. The molecule has 0 saturated carbocycles. The summed E-state index contributed by atoms with van der Waals surface area (Å²) in [6.07, 6.45) is 5.32. The summed E-state index contributed by atoms with van der Waals surface area (Å²) in [7, 11) is 0. The molecule has 86 valence electrons. The van der Waals surface area contributed by atoms with E-state index in [1.54, 1.807) is 11.3 Å². The minimum atomic E-state index is -0.827. The number of anilines is 1. The highest BCUT2D eigenvalue weighted by Crippen LogP contribution is 2.24. The summed E-state index contributed by atoms with van der Waals surface area (Å²) in [6.45, 7) is 4.70. The third-order valence-electron chi connectivity index (χ3n) is 2.17. The predicted molar refractivity (Wildman–Crippen MR) is 64.9 cm³/mol. The van der Waals surface area contributed by atoms with Gasteiger partial charge in [0.05, 0.1) is 18.7 Å². The van der Waals surface area contributed by atoms with Crippen LogP contribution in [0.4, 0.5) is 5.13 Å². The van der Waals surface area contributed by atoms with Crippen molar-refractivity contribution in [1.29, 1.82) is 0 Å². The van der Waals surface area contributed by atoms with Crippen LogP contribution in [-0.4, -0.2) is 29.1 Å². The maximum Gasteiger partial charge on any atom is 0.305 e. The molecule has 0 unspecified atom stereocenters. The maximum absolute atomic E-state index is 10.5. The first-order chi connectivity index (χ1) is 7.54. The molecule has 1 N–H and O–H groups in total. The van der Waals surface area contributed by atoms with E-state index in [4.69, 9.17) is 11.5 Å². The van der Waals surface area contributed by atoms with Crippen molar-refractivity contribution in [2.24, 2.45) is 0 Å². The zero-order valence-corrected chi connectivity index (χ0v) is 10.2. The van der Waals surface area contributed by atoms with E-state index in [9.17, 15) is 4.79 Å². The van der Waals surface area contributed by atoms with Gasteiger partial charge in [-0.25, -0.2) is 4.98 Å². The highest BCUT2D eigenvalue weighted by molar-refractivity contribution is 7.15. The number of hydrogen-bond donors (Lipinski definition) is 1. The Balaban J connectivity index is 2.77. The molecule has 0 fully saturated rings. The lowest BCUT2D eigenvalue weighted by Gasteiger charge is -2.17. The van der Waals surface area contributed by atoms with Gasteiger partial charge in [0.1, 0.15) is 0 Å². The SMILES string of the molecule is C#CCN(CCC(=O)O)c1nc(C)c(C)s1. The van der Waals surface area contributed by atoms with Gasteiger partial charge >= 0.3 is 5.97 Å². The molecule has 0 aliphatic rings. The standard InChI is InChI=1S/C11H14N2O2S/c1-4-6-13(7-5-10(14)15)11-12-8(2)9(3)16-11/h1H,5-7H2,2-3H3,(H,14,15). The third kappa shape index (κ3) is 3.24. The van der Waals surface area contributed by atoms with Crippen molar-refractivity contribution in [2.45, 2.75) is 20.3 Å². The van der Waals surface area contributed by atoms with E-state index in [0.29, 0.717) is 13.1 Å². The second-order valence-electron chi connectivity index (χ2n) is 3.41. The minimum absolute atomic E-state index is 0.0688. The van der Waals surface area contributed by atoms with Crippen LogP contribution in [-0.2, 0) is 4.79 Å². The maximum atomic E-state index is 10.5. The van der Waals surface area contributed by atoms with E-state index in [1.807, 2.05) is 18.7 Å². The number of aliphatic carboxylic acids is 1. The number of aromatic nitrogens is 1. The second kappa shape index (κ2) is 5.52. The van der Waals surface area contributed by atoms with Gasteiger partial charge in [-0.05, 0) is 13.8 Å². The van der Waals surface area contributed by atoms with Gasteiger partial charge in [-0.3, -0.25) is 4.79 Å². The van der Waals surface area contributed by atoms with Gasteiger partial charge < -0.3 is 10.0 Å². The number of nitrogens with zero attached hydrogens (tertiary/aromatic N) is 2. The normalized spacial score (nSPS) is 9.81. The van der Waals surface area contributed by atoms with Gasteiger partial charge in [0.25, 0.3) is 0 Å². The molecule has 0 amide bonds. The van der Waals surface area contributed by atoms with Crippen LogP contribution in [0, 0.1) is 26.2 Å². The summed E-state index contributed by atoms with van der Waals surface area (Å²) in [5, 5.41) is 9.44. The molecule has 5 heteroatoms. The molecule has 0 radical (unpaired) electrons. The van der Waals surface area contributed by atoms with E-state index in [2.05, 4.69) is 10.9 Å². The van der Waals surface area contributed by atoms with Crippen molar-refractivity contribution in [3.8, 4) is 12.3 Å². The van der Waals surface area contributed by atoms with Gasteiger partial charge in [0.15, 0.2) is 5.13 Å². The quantitative estimate of drug-likeness (QED) is 0.793. The number of terminal acetylenes is 1. The topological polar surface area (TPSA) is 53.4 Å². The van der Waals surface area contributed by atoms with Gasteiger partial charge in [-0.2, -0.15) is 0 Å². The molecule has 0 spiro atoms. The molecule has 1 heterocycles. The van der Waals surface area contributed by atoms with Crippen LogP contribution in [0.1, 0.15) is 17.0 Å². The average molecular weight is 238 g/mol. The number of rotatable bonds is 5. The number of aryl methyl sites for hydroxylation is 2. The Bertz CT molecular complexity index is 401. The first-order valence-electron chi connectivity index (χ1n) is 4.89. The van der Waals surface area contributed by atoms with Crippen LogP contribution in [0.5, 0.6) is 0 Å².